The Morgan fingerprint density at radius 2 is 1.85 bits per heavy atom. The number of methoxy groups -OCH3 is 1. The quantitative estimate of drug-likeness (QED) is 0.537. The van der Waals surface area contributed by atoms with Gasteiger partial charge in [0.05, 0.1) is 22.7 Å². The van der Waals surface area contributed by atoms with Gasteiger partial charge in [0.1, 0.15) is 0 Å². The number of carbonyl (C=O) groups is 1. The number of para-hydroxylation sites is 1. The number of benzene rings is 2. The minimum Gasteiger partial charge on any atom is -0.494 e. The molecule has 5 nitrogen and oxygen atoms in total. The number of fused-ring (bicyclic) bond motifs is 3. The molecule has 2 N–H and O–H groups in total. The Morgan fingerprint density at radius 1 is 1.19 bits per heavy atom. The largest absolute Gasteiger partial charge is 0.494 e. The monoisotopic (exact) mass is 399 g/mol. The summed E-state index contributed by atoms with van der Waals surface area (Å²) in [6.45, 7) is 0. The van der Waals surface area contributed by atoms with Gasteiger partial charge in [0.15, 0.2) is 5.75 Å². The van der Waals surface area contributed by atoms with Gasteiger partial charge in [-0.05, 0) is 12.1 Å². The van der Waals surface area contributed by atoms with Gasteiger partial charge >= 0.3 is 0 Å². The minimum absolute atomic E-state index is 0.356. The fraction of sp³-hybridized carbons (Fsp3) is 0.100. The highest BCUT2D eigenvalue weighted by Crippen LogP contribution is 2.46. The molecule has 0 spiro atoms. The van der Waals surface area contributed by atoms with Gasteiger partial charge in [-0.25, -0.2) is 0 Å². The molecule has 0 fully saturated rings. The van der Waals surface area contributed by atoms with Crippen molar-refractivity contribution in [2.24, 2.45) is 12.8 Å². The summed E-state index contributed by atoms with van der Waals surface area (Å²) in [5.74, 6) is 0.0188. The second-order valence-electron chi connectivity index (χ2n) is 6.15. The van der Waals surface area contributed by atoms with E-state index in [1.54, 1.807) is 13.2 Å². The number of rotatable bonds is 3. The lowest BCUT2D eigenvalue weighted by Crippen LogP contribution is -2.12. The third-order valence-electron chi connectivity index (χ3n) is 4.72. The van der Waals surface area contributed by atoms with Crippen molar-refractivity contribution in [3.63, 3.8) is 0 Å². The number of ether oxygens (including phenoxy) is 1. The zero-order chi connectivity index (χ0) is 19.3. The lowest BCUT2D eigenvalue weighted by Gasteiger charge is -2.16. The van der Waals surface area contributed by atoms with Gasteiger partial charge in [-0.15, -0.1) is 0 Å². The predicted molar refractivity (Wildman–Crippen MR) is 109 cm³/mol. The molecule has 0 aliphatic rings. The predicted octanol–water partition coefficient (Wildman–Crippen LogP) is 4.81. The third-order valence-corrected chi connectivity index (χ3v) is 5.29. The molecule has 0 saturated carbocycles. The van der Waals surface area contributed by atoms with E-state index >= 15 is 0 Å². The molecule has 4 rings (SSSR count). The first kappa shape index (κ1) is 17.6. The van der Waals surface area contributed by atoms with E-state index in [2.05, 4.69) is 4.98 Å². The second-order valence-corrected chi connectivity index (χ2v) is 6.96. The SMILES string of the molecule is COc1c(-c2c(Cl)cncc2Cl)cc(C(N)=O)c2c3ccccc3n(C)c12. The third kappa shape index (κ3) is 2.54. The fourth-order valence-corrected chi connectivity index (χ4v) is 4.16. The van der Waals surface area contributed by atoms with E-state index in [9.17, 15) is 4.79 Å². The second kappa shape index (κ2) is 6.44. The van der Waals surface area contributed by atoms with Crippen molar-refractivity contribution in [3.8, 4) is 16.9 Å². The van der Waals surface area contributed by atoms with Crippen LogP contribution in [0.4, 0.5) is 0 Å². The first-order valence-electron chi connectivity index (χ1n) is 8.13. The number of pyridine rings is 1. The Kier molecular flexibility index (Phi) is 4.21. The van der Waals surface area contributed by atoms with Gasteiger partial charge in [-0.3, -0.25) is 9.78 Å². The number of hydrogen-bond donors (Lipinski definition) is 1. The zero-order valence-corrected chi connectivity index (χ0v) is 16.1. The molecular weight excluding hydrogens is 385 g/mol. The molecule has 0 bridgehead atoms. The Hall–Kier alpha value is -2.76. The summed E-state index contributed by atoms with van der Waals surface area (Å²) in [6.07, 6.45) is 3.00. The molecule has 27 heavy (non-hydrogen) atoms. The summed E-state index contributed by atoms with van der Waals surface area (Å²) in [6, 6.07) is 9.48. The molecule has 1 amide bonds. The van der Waals surface area contributed by atoms with E-state index in [0.29, 0.717) is 32.5 Å². The van der Waals surface area contributed by atoms with Crippen LogP contribution >= 0.6 is 23.2 Å². The van der Waals surface area contributed by atoms with Crippen LogP contribution in [0.2, 0.25) is 10.0 Å². The lowest BCUT2D eigenvalue weighted by molar-refractivity contribution is 0.100. The molecule has 2 aromatic carbocycles. The molecule has 0 radical (unpaired) electrons. The van der Waals surface area contributed by atoms with Crippen LogP contribution in [-0.4, -0.2) is 22.6 Å². The maximum Gasteiger partial charge on any atom is 0.249 e. The summed E-state index contributed by atoms with van der Waals surface area (Å²) >= 11 is 12.7. The number of primary amides is 1. The first-order chi connectivity index (χ1) is 13.0. The molecule has 0 unspecified atom stereocenters. The van der Waals surface area contributed by atoms with Gasteiger partial charge in [-0.2, -0.15) is 0 Å². The Labute approximate surface area is 165 Å². The van der Waals surface area contributed by atoms with Gasteiger partial charge in [-0.1, -0.05) is 41.4 Å². The van der Waals surface area contributed by atoms with Crippen molar-refractivity contribution in [2.45, 2.75) is 0 Å². The van der Waals surface area contributed by atoms with Crippen molar-refractivity contribution < 1.29 is 9.53 Å². The lowest BCUT2D eigenvalue weighted by atomic mass is 9.97. The number of amides is 1. The molecule has 4 aromatic rings. The molecule has 0 aliphatic carbocycles. The summed E-state index contributed by atoms with van der Waals surface area (Å²) in [5.41, 5.74) is 8.93. The standard InChI is InChI=1S/C20H15Cl2N3O2/c1-25-15-6-4-3-5-10(15)16-12(20(23)26)7-11(19(27-2)18(16)25)17-13(21)8-24-9-14(17)22/h3-9H,1-2H3,(H2,23,26). The molecule has 0 aliphatic heterocycles. The maximum absolute atomic E-state index is 12.3. The van der Waals surface area contributed by atoms with Crippen LogP contribution in [-0.2, 0) is 7.05 Å². The van der Waals surface area contributed by atoms with E-state index in [0.717, 1.165) is 21.8 Å². The highest BCUT2D eigenvalue weighted by Gasteiger charge is 2.24. The summed E-state index contributed by atoms with van der Waals surface area (Å²) in [5, 5.41) is 2.37. The Bertz CT molecular complexity index is 1210. The summed E-state index contributed by atoms with van der Waals surface area (Å²) < 4.78 is 7.73. The smallest absolute Gasteiger partial charge is 0.249 e. The highest BCUT2D eigenvalue weighted by atomic mass is 35.5. The first-order valence-corrected chi connectivity index (χ1v) is 8.88. The Balaban J connectivity index is 2.28. The molecule has 2 aromatic heterocycles. The summed E-state index contributed by atoms with van der Waals surface area (Å²) in [7, 11) is 3.49. The van der Waals surface area contributed by atoms with Crippen molar-refractivity contribution in [1.29, 1.82) is 0 Å². The van der Waals surface area contributed by atoms with E-state index < -0.39 is 5.91 Å². The summed E-state index contributed by atoms with van der Waals surface area (Å²) in [4.78, 5) is 16.3. The van der Waals surface area contributed by atoms with E-state index in [1.165, 1.54) is 12.4 Å². The van der Waals surface area contributed by atoms with Crippen molar-refractivity contribution in [2.75, 3.05) is 7.11 Å². The van der Waals surface area contributed by atoms with Crippen LogP contribution in [0, 0.1) is 0 Å². The van der Waals surface area contributed by atoms with Crippen molar-refractivity contribution in [1.82, 2.24) is 9.55 Å². The van der Waals surface area contributed by atoms with Crippen LogP contribution < -0.4 is 10.5 Å². The maximum atomic E-state index is 12.3. The van der Waals surface area contributed by atoms with Gasteiger partial charge in [0.2, 0.25) is 5.91 Å². The number of aromatic nitrogens is 2. The average Bonchev–Trinajstić information content (AvgIpc) is 2.94. The van der Waals surface area contributed by atoms with Crippen LogP contribution in [0.1, 0.15) is 10.4 Å². The van der Waals surface area contributed by atoms with E-state index in [1.807, 2.05) is 35.9 Å². The minimum atomic E-state index is -0.540. The Morgan fingerprint density at radius 3 is 2.48 bits per heavy atom. The molecule has 0 atom stereocenters. The number of nitrogens with zero attached hydrogens (tertiary/aromatic N) is 2. The molecular formula is C20H15Cl2N3O2. The number of halogens is 2. The number of aryl methyl sites for hydroxylation is 1. The van der Waals surface area contributed by atoms with Crippen LogP contribution in [0.25, 0.3) is 32.9 Å². The fourth-order valence-electron chi connectivity index (χ4n) is 3.60. The van der Waals surface area contributed by atoms with Crippen molar-refractivity contribution >= 4 is 50.9 Å². The van der Waals surface area contributed by atoms with Crippen LogP contribution in [0.5, 0.6) is 5.75 Å². The van der Waals surface area contributed by atoms with Gasteiger partial charge in [0.25, 0.3) is 0 Å². The van der Waals surface area contributed by atoms with Crippen LogP contribution in [0.3, 0.4) is 0 Å². The molecule has 0 saturated heterocycles. The molecule has 136 valence electrons. The van der Waals surface area contributed by atoms with Crippen molar-refractivity contribution in [3.05, 3.63) is 58.3 Å². The van der Waals surface area contributed by atoms with Gasteiger partial charge < -0.3 is 15.0 Å². The zero-order valence-electron chi connectivity index (χ0n) is 14.6. The number of hydrogen-bond acceptors (Lipinski definition) is 3. The number of nitrogens with two attached hydrogens (primary N) is 1. The van der Waals surface area contributed by atoms with E-state index in [4.69, 9.17) is 33.7 Å². The highest BCUT2D eigenvalue weighted by molar-refractivity contribution is 6.39. The number of carbonyl (C=O) groups excluding carboxylic acids is 1. The normalized spacial score (nSPS) is 11.3. The topological polar surface area (TPSA) is 70.1 Å². The van der Waals surface area contributed by atoms with Gasteiger partial charge in [0, 0.05) is 52.4 Å². The molecule has 7 heteroatoms. The molecule has 2 heterocycles. The van der Waals surface area contributed by atoms with E-state index in [-0.39, 0.29) is 0 Å². The average molecular weight is 400 g/mol. The van der Waals surface area contributed by atoms with Crippen LogP contribution in [0.15, 0.2) is 42.7 Å².